The lowest BCUT2D eigenvalue weighted by molar-refractivity contribution is -0.188. The summed E-state index contributed by atoms with van der Waals surface area (Å²) in [5.41, 5.74) is 2.93. The van der Waals surface area contributed by atoms with Gasteiger partial charge in [0.05, 0.1) is 37.2 Å². The highest BCUT2D eigenvalue weighted by atomic mass is 16.5. The standard InChI is InChI=1S/C22H29N3O4/c1-4-6-19-20(16(3)24-29-19)21(26)25-13-22(14-25)11-18(9-10-28-22)27-12-17-8-5-7-15(2)23-17/h5,7-8,18H,4,6,9-14H2,1-3H3. The van der Waals surface area contributed by atoms with Crippen LogP contribution in [0.3, 0.4) is 0 Å². The highest BCUT2D eigenvalue weighted by Gasteiger charge is 2.50. The van der Waals surface area contributed by atoms with Crippen molar-refractivity contribution in [1.82, 2.24) is 15.0 Å². The summed E-state index contributed by atoms with van der Waals surface area (Å²) in [6, 6.07) is 5.97. The fourth-order valence-electron chi connectivity index (χ4n) is 4.27. The summed E-state index contributed by atoms with van der Waals surface area (Å²) in [7, 11) is 0. The Hall–Kier alpha value is -2.25. The molecule has 1 unspecified atom stereocenters. The molecular formula is C22H29N3O4. The van der Waals surface area contributed by atoms with E-state index in [4.69, 9.17) is 14.0 Å². The molecule has 4 heterocycles. The molecule has 2 aromatic rings. The van der Waals surface area contributed by atoms with Crippen LogP contribution in [0, 0.1) is 13.8 Å². The number of ether oxygens (including phenoxy) is 2. The molecule has 7 heteroatoms. The Kier molecular flexibility index (Phi) is 5.69. The van der Waals surface area contributed by atoms with Gasteiger partial charge >= 0.3 is 0 Å². The average molecular weight is 399 g/mol. The van der Waals surface area contributed by atoms with Crippen molar-refractivity contribution in [2.45, 2.75) is 64.8 Å². The van der Waals surface area contributed by atoms with Crippen LogP contribution in [-0.2, 0) is 22.5 Å². The van der Waals surface area contributed by atoms with Crippen LogP contribution in [0.25, 0.3) is 0 Å². The quantitative estimate of drug-likeness (QED) is 0.742. The summed E-state index contributed by atoms with van der Waals surface area (Å²) >= 11 is 0. The van der Waals surface area contributed by atoms with Crippen molar-refractivity contribution in [2.24, 2.45) is 0 Å². The fraction of sp³-hybridized carbons (Fsp3) is 0.591. The summed E-state index contributed by atoms with van der Waals surface area (Å²) in [6.45, 7) is 8.21. The Morgan fingerprint density at radius 3 is 2.93 bits per heavy atom. The van der Waals surface area contributed by atoms with Crippen molar-refractivity contribution in [3.8, 4) is 0 Å². The zero-order chi connectivity index (χ0) is 20.4. The summed E-state index contributed by atoms with van der Waals surface area (Å²) < 4.78 is 17.6. The lowest BCUT2D eigenvalue weighted by Crippen LogP contribution is -2.67. The van der Waals surface area contributed by atoms with E-state index >= 15 is 0 Å². The van der Waals surface area contributed by atoms with Crippen molar-refractivity contribution in [3.63, 3.8) is 0 Å². The van der Waals surface area contributed by atoms with E-state index in [1.54, 1.807) is 0 Å². The smallest absolute Gasteiger partial charge is 0.259 e. The number of hydrogen-bond donors (Lipinski definition) is 0. The van der Waals surface area contributed by atoms with Crippen molar-refractivity contribution >= 4 is 5.91 Å². The van der Waals surface area contributed by atoms with Gasteiger partial charge in [0.25, 0.3) is 5.91 Å². The molecule has 2 aliphatic heterocycles. The third-order valence-corrected chi connectivity index (χ3v) is 5.73. The highest BCUT2D eigenvalue weighted by molar-refractivity contribution is 5.96. The molecule has 156 valence electrons. The van der Waals surface area contributed by atoms with Gasteiger partial charge in [-0.1, -0.05) is 18.1 Å². The third kappa shape index (κ3) is 4.21. The summed E-state index contributed by atoms with van der Waals surface area (Å²) in [6.07, 6.45) is 3.42. The SMILES string of the molecule is CCCc1onc(C)c1C(=O)N1CC2(CC(OCc3cccc(C)n3)CCO2)C1. The van der Waals surface area contributed by atoms with Crippen molar-refractivity contribution < 1.29 is 18.8 Å². The van der Waals surface area contributed by atoms with Crippen LogP contribution < -0.4 is 0 Å². The summed E-state index contributed by atoms with van der Waals surface area (Å²) in [5, 5.41) is 3.99. The Morgan fingerprint density at radius 2 is 2.17 bits per heavy atom. The molecule has 0 aliphatic carbocycles. The third-order valence-electron chi connectivity index (χ3n) is 5.73. The molecule has 0 aromatic carbocycles. The van der Waals surface area contributed by atoms with Crippen LogP contribution in [0.5, 0.6) is 0 Å². The van der Waals surface area contributed by atoms with E-state index in [-0.39, 0.29) is 17.6 Å². The van der Waals surface area contributed by atoms with E-state index in [9.17, 15) is 4.79 Å². The first kappa shape index (κ1) is 20.0. The van der Waals surface area contributed by atoms with Gasteiger partial charge in [0, 0.05) is 25.1 Å². The lowest BCUT2D eigenvalue weighted by atomic mass is 9.84. The fourth-order valence-corrected chi connectivity index (χ4v) is 4.27. The number of pyridine rings is 1. The number of nitrogens with zero attached hydrogens (tertiary/aromatic N) is 3. The van der Waals surface area contributed by atoms with E-state index < -0.39 is 0 Å². The predicted octanol–water partition coefficient (Wildman–Crippen LogP) is 3.23. The van der Waals surface area contributed by atoms with Crippen LogP contribution in [0.4, 0.5) is 0 Å². The molecule has 2 fully saturated rings. The van der Waals surface area contributed by atoms with Crippen molar-refractivity contribution in [3.05, 3.63) is 46.6 Å². The van der Waals surface area contributed by atoms with Crippen LogP contribution in [0.2, 0.25) is 0 Å². The topological polar surface area (TPSA) is 77.7 Å². The number of hydrogen-bond acceptors (Lipinski definition) is 6. The zero-order valence-electron chi connectivity index (χ0n) is 17.4. The highest BCUT2D eigenvalue weighted by Crippen LogP contribution is 2.37. The minimum absolute atomic E-state index is 0.00609. The maximum Gasteiger partial charge on any atom is 0.259 e. The second-order valence-electron chi connectivity index (χ2n) is 8.20. The van der Waals surface area contributed by atoms with E-state index in [0.717, 1.165) is 37.1 Å². The number of amides is 1. The van der Waals surface area contributed by atoms with Gasteiger partial charge in [0.1, 0.15) is 16.9 Å². The first-order valence-electron chi connectivity index (χ1n) is 10.4. The molecule has 1 amide bonds. The molecule has 2 saturated heterocycles. The summed E-state index contributed by atoms with van der Waals surface area (Å²) in [4.78, 5) is 19.3. The molecule has 2 aromatic heterocycles. The molecule has 1 spiro atoms. The van der Waals surface area contributed by atoms with Gasteiger partial charge in [-0.25, -0.2) is 0 Å². The molecule has 2 aliphatic rings. The maximum absolute atomic E-state index is 13.0. The minimum Gasteiger partial charge on any atom is -0.372 e. The zero-order valence-corrected chi connectivity index (χ0v) is 17.4. The summed E-state index contributed by atoms with van der Waals surface area (Å²) in [5.74, 6) is 0.681. The van der Waals surface area contributed by atoms with Gasteiger partial charge in [0.15, 0.2) is 0 Å². The molecule has 0 bridgehead atoms. The Balaban J connectivity index is 1.34. The molecule has 0 N–H and O–H groups in total. The van der Waals surface area contributed by atoms with Crippen molar-refractivity contribution in [1.29, 1.82) is 0 Å². The number of aromatic nitrogens is 2. The average Bonchev–Trinajstić information content (AvgIpc) is 3.05. The van der Waals surface area contributed by atoms with E-state index in [2.05, 4.69) is 17.1 Å². The molecule has 1 atom stereocenters. The first-order valence-corrected chi connectivity index (χ1v) is 10.4. The number of likely N-dealkylation sites (tertiary alicyclic amines) is 1. The molecule has 0 saturated carbocycles. The van der Waals surface area contributed by atoms with Crippen LogP contribution in [-0.4, -0.2) is 52.3 Å². The van der Waals surface area contributed by atoms with Gasteiger partial charge < -0.3 is 18.9 Å². The van der Waals surface area contributed by atoms with Gasteiger partial charge in [-0.2, -0.15) is 0 Å². The van der Waals surface area contributed by atoms with Crippen LogP contribution >= 0.6 is 0 Å². The number of carbonyl (C=O) groups excluding carboxylic acids is 1. The number of carbonyl (C=O) groups is 1. The van der Waals surface area contributed by atoms with Gasteiger partial charge in [0.2, 0.25) is 0 Å². The van der Waals surface area contributed by atoms with E-state index in [1.807, 2.05) is 36.9 Å². The molecule has 0 radical (unpaired) electrons. The minimum atomic E-state index is -0.297. The van der Waals surface area contributed by atoms with E-state index in [0.29, 0.717) is 43.3 Å². The van der Waals surface area contributed by atoms with Gasteiger partial charge in [-0.05, 0) is 38.8 Å². The van der Waals surface area contributed by atoms with Gasteiger partial charge in [-0.3, -0.25) is 9.78 Å². The van der Waals surface area contributed by atoms with Crippen molar-refractivity contribution in [2.75, 3.05) is 19.7 Å². The maximum atomic E-state index is 13.0. The second-order valence-corrected chi connectivity index (χ2v) is 8.20. The van der Waals surface area contributed by atoms with Gasteiger partial charge in [-0.15, -0.1) is 0 Å². The monoisotopic (exact) mass is 399 g/mol. The Bertz CT molecular complexity index is 873. The predicted molar refractivity (Wildman–Crippen MR) is 107 cm³/mol. The molecule has 7 nitrogen and oxygen atoms in total. The van der Waals surface area contributed by atoms with Crippen LogP contribution in [0.15, 0.2) is 22.7 Å². The Morgan fingerprint density at radius 1 is 1.34 bits per heavy atom. The molecular weight excluding hydrogens is 370 g/mol. The normalized spacial score (nSPS) is 20.7. The first-order chi connectivity index (χ1) is 14.0. The van der Waals surface area contributed by atoms with E-state index in [1.165, 1.54) is 0 Å². The van der Waals surface area contributed by atoms with Crippen LogP contribution in [0.1, 0.15) is 59.4 Å². The molecule has 4 rings (SSSR count). The second kappa shape index (κ2) is 8.24. The number of aryl methyl sites for hydroxylation is 3. The lowest BCUT2D eigenvalue weighted by Gasteiger charge is -2.53. The Labute approximate surface area is 171 Å². The number of rotatable bonds is 6. The molecule has 29 heavy (non-hydrogen) atoms. The largest absolute Gasteiger partial charge is 0.372 e.